The molecule has 0 aromatic heterocycles. The lowest BCUT2D eigenvalue weighted by molar-refractivity contribution is -0.123. The molecule has 5 nitrogen and oxygen atoms in total. The van der Waals surface area contributed by atoms with Crippen molar-refractivity contribution in [1.82, 2.24) is 5.32 Å². The van der Waals surface area contributed by atoms with E-state index in [4.69, 9.17) is 5.73 Å². The molecule has 1 saturated carbocycles. The molecule has 0 bridgehead atoms. The van der Waals surface area contributed by atoms with E-state index in [-0.39, 0.29) is 17.1 Å². The van der Waals surface area contributed by atoms with Gasteiger partial charge in [-0.05, 0) is 31.2 Å². The predicted molar refractivity (Wildman–Crippen MR) is 76.5 cm³/mol. The summed E-state index contributed by atoms with van der Waals surface area (Å²) in [6, 6.07) is 0. The molecular weight excluding hydrogens is 264 g/mol. The lowest BCUT2D eigenvalue weighted by Crippen LogP contribution is -2.39. The van der Waals surface area contributed by atoms with E-state index in [1.807, 2.05) is 0 Å². The van der Waals surface area contributed by atoms with Gasteiger partial charge in [0.2, 0.25) is 5.91 Å². The van der Waals surface area contributed by atoms with Crippen LogP contribution in [0.15, 0.2) is 0 Å². The number of hydrogen-bond acceptors (Lipinski definition) is 4. The average molecular weight is 290 g/mol. The Labute approximate surface area is 116 Å². The molecule has 0 aromatic rings. The number of carbonyl (C=O) groups excluding carboxylic acids is 1. The van der Waals surface area contributed by atoms with Crippen molar-refractivity contribution in [2.75, 3.05) is 25.1 Å². The van der Waals surface area contributed by atoms with E-state index in [1.165, 1.54) is 12.7 Å². The Morgan fingerprint density at radius 1 is 1.26 bits per heavy atom. The standard InChI is InChI=1S/C13H26N2O3S/c1-19(17,18)9-5-8-15-12(16)10-13(11-14)6-3-2-4-7-13/h2-11,14H2,1H3,(H,15,16). The lowest BCUT2D eigenvalue weighted by Gasteiger charge is -2.35. The van der Waals surface area contributed by atoms with Crippen molar-refractivity contribution in [3.05, 3.63) is 0 Å². The van der Waals surface area contributed by atoms with E-state index in [1.54, 1.807) is 0 Å². The Hall–Kier alpha value is -0.620. The Kier molecular flexibility index (Phi) is 6.26. The van der Waals surface area contributed by atoms with Gasteiger partial charge in [-0.3, -0.25) is 4.79 Å². The Morgan fingerprint density at radius 2 is 1.89 bits per heavy atom. The van der Waals surface area contributed by atoms with Crippen molar-refractivity contribution in [2.45, 2.75) is 44.9 Å². The van der Waals surface area contributed by atoms with Crippen LogP contribution in [0.2, 0.25) is 0 Å². The van der Waals surface area contributed by atoms with Crippen LogP contribution in [0.3, 0.4) is 0 Å². The molecule has 6 heteroatoms. The second kappa shape index (κ2) is 7.24. The van der Waals surface area contributed by atoms with Gasteiger partial charge in [-0.15, -0.1) is 0 Å². The van der Waals surface area contributed by atoms with E-state index in [9.17, 15) is 13.2 Å². The van der Waals surface area contributed by atoms with Crippen molar-refractivity contribution < 1.29 is 13.2 Å². The number of sulfone groups is 1. The molecular formula is C13H26N2O3S. The van der Waals surface area contributed by atoms with Crippen LogP contribution in [0, 0.1) is 5.41 Å². The molecule has 1 fully saturated rings. The van der Waals surface area contributed by atoms with Crippen molar-refractivity contribution in [3.8, 4) is 0 Å². The van der Waals surface area contributed by atoms with Crippen LogP contribution in [0.25, 0.3) is 0 Å². The van der Waals surface area contributed by atoms with Crippen molar-refractivity contribution in [1.29, 1.82) is 0 Å². The predicted octanol–water partition coefficient (Wildman–Crippen LogP) is 0.837. The first kappa shape index (κ1) is 16.4. The summed E-state index contributed by atoms with van der Waals surface area (Å²) in [5.41, 5.74) is 5.81. The Bertz CT molecular complexity index is 387. The zero-order valence-corrected chi connectivity index (χ0v) is 12.6. The fourth-order valence-electron chi connectivity index (χ4n) is 2.72. The van der Waals surface area contributed by atoms with Crippen LogP contribution in [0.5, 0.6) is 0 Å². The molecule has 0 saturated heterocycles. The molecule has 19 heavy (non-hydrogen) atoms. The van der Waals surface area contributed by atoms with Gasteiger partial charge in [-0.2, -0.15) is 0 Å². The highest BCUT2D eigenvalue weighted by molar-refractivity contribution is 7.90. The molecule has 0 atom stereocenters. The van der Waals surface area contributed by atoms with Gasteiger partial charge in [0.1, 0.15) is 9.84 Å². The summed E-state index contributed by atoms with van der Waals surface area (Å²) in [5.74, 6) is 0.121. The van der Waals surface area contributed by atoms with Crippen molar-refractivity contribution in [3.63, 3.8) is 0 Å². The average Bonchev–Trinajstić information content (AvgIpc) is 2.35. The van der Waals surface area contributed by atoms with Crippen LogP contribution >= 0.6 is 0 Å². The number of amides is 1. The maximum Gasteiger partial charge on any atom is 0.220 e. The molecule has 1 aliphatic carbocycles. The highest BCUT2D eigenvalue weighted by Gasteiger charge is 2.32. The van der Waals surface area contributed by atoms with E-state index in [2.05, 4.69) is 5.32 Å². The normalized spacial score (nSPS) is 19.1. The van der Waals surface area contributed by atoms with Crippen LogP contribution < -0.4 is 11.1 Å². The van der Waals surface area contributed by atoms with Gasteiger partial charge in [-0.1, -0.05) is 19.3 Å². The van der Waals surface area contributed by atoms with Crippen LogP contribution in [0.1, 0.15) is 44.9 Å². The van der Waals surface area contributed by atoms with E-state index in [0.29, 0.717) is 25.9 Å². The SMILES string of the molecule is CS(=O)(=O)CCCNC(=O)CC1(CN)CCCCC1. The number of nitrogens with one attached hydrogen (secondary N) is 1. The third kappa shape index (κ3) is 6.38. The minimum Gasteiger partial charge on any atom is -0.356 e. The lowest BCUT2D eigenvalue weighted by atomic mass is 9.71. The molecule has 1 aliphatic rings. The monoisotopic (exact) mass is 290 g/mol. The molecule has 0 spiro atoms. The summed E-state index contributed by atoms with van der Waals surface area (Å²) in [4.78, 5) is 11.9. The quantitative estimate of drug-likeness (QED) is 0.680. The van der Waals surface area contributed by atoms with E-state index >= 15 is 0 Å². The number of hydrogen-bond donors (Lipinski definition) is 2. The van der Waals surface area contributed by atoms with E-state index < -0.39 is 9.84 Å². The Morgan fingerprint density at radius 3 is 2.42 bits per heavy atom. The van der Waals surface area contributed by atoms with Gasteiger partial charge in [0.05, 0.1) is 5.75 Å². The highest BCUT2D eigenvalue weighted by Crippen LogP contribution is 2.38. The second-order valence-electron chi connectivity index (χ2n) is 5.77. The molecule has 112 valence electrons. The fourth-order valence-corrected chi connectivity index (χ4v) is 3.39. The largest absolute Gasteiger partial charge is 0.356 e. The summed E-state index contributed by atoms with van der Waals surface area (Å²) >= 11 is 0. The van der Waals surface area contributed by atoms with Gasteiger partial charge >= 0.3 is 0 Å². The summed E-state index contributed by atoms with van der Waals surface area (Å²) in [6.07, 6.45) is 7.75. The first-order valence-corrected chi connectivity index (χ1v) is 9.07. The summed E-state index contributed by atoms with van der Waals surface area (Å²) in [7, 11) is -2.94. The van der Waals surface area contributed by atoms with Crippen LogP contribution in [-0.4, -0.2) is 39.4 Å². The maximum absolute atomic E-state index is 11.9. The molecule has 1 rings (SSSR count). The van der Waals surface area contributed by atoms with Gasteiger partial charge in [0, 0.05) is 19.2 Å². The minimum absolute atomic E-state index is 0.000788. The topological polar surface area (TPSA) is 89.3 Å². The highest BCUT2D eigenvalue weighted by atomic mass is 32.2. The molecule has 0 heterocycles. The summed E-state index contributed by atoms with van der Waals surface area (Å²) in [5, 5.41) is 2.80. The third-order valence-corrected chi connectivity index (χ3v) is 4.93. The first-order valence-electron chi connectivity index (χ1n) is 7.01. The van der Waals surface area contributed by atoms with Gasteiger partial charge in [0.15, 0.2) is 0 Å². The molecule has 0 aliphatic heterocycles. The maximum atomic E-state index is 11.9. The fraction of sp³-hybridized carbons (Fsp3) is 0.923. The second-order valence-corrected chi connectivity index (χ2v) is 8.03. The van der Waals surface area contributed by atoms with E-state index in [0.717, 1.165) is 25.7 Å². The first-order chi connectivity index (χ1) is 8.87. The van der Waals surface area contributed by atoms with Crippen LogP contribution in [-0.2, 0) is 14.6 Å². The van der Waals surface area contributed by atoms with Crippen LogP contribution in [0.4, 0.5) is 0 Å². The molecule has 0 aromatic carbocycles. The zero-order chi connectivity index (χ0) is 14.4. The number of nitrogens with two attached hydrogens (primary N) is 1. The van der Waals surface area contributed by atoms with Crippen molar-refractivity contribution in [2.24, 2.45) is 11.1 Å². The summed E-state index contributed by atoms with van der Waals surface area (Å²) < 4.78 is 21.9. The van der Waals surface area contributed by atoms with Gasteiger partial charge in [-0.25, -0.2) is 8.42 Å². The van der Waals surface area contributed by atoms with Gasteiger partial charge in [0.25, 0.3) is 0 Å². The Balaban J connectivity index is 2.29. The zero-order valence-electron chi connectivity index (χ0n) is 11.8. The van der Waals surface area contributed by atoms with Gasteiger partial charge < -0.3 is 11.1 Å². The smallest absolute Gasteiger partial charge is 0.220 e. The molecule has 1 amide bonds. The molecule has 3 N–H and O–H groups in total. The number of carbonyl (C=O) groups is 1. The minimum atomic E-state index is -2.94. The third-order valence-electron chi connectivity index (χ3n) is 3.90. The summed E-state index contributed by atoms with van der Waals surface area (Å²) in [6.45, 7) is 0.982. The molecule has 0 radical (unpaired) electrons. The van der Waals surface area contributed by atoms with Crippen molar-refractivity contribution >= 4 is 15.7 Å². The molecule has 0 unspecified atom stereocenters. The number of rotatable bonds is 7.